The van der Waals surface area contributed by atoms with Crippen LogP contribution in [0.4, 0.5) is 14.7 Å². The van der Waals surface area contributed by atoms with Gasteiger partial charge < -0.3 is 14.6 Å². The van der Waals surface area contributed by atoms with Crippen LogP contribution in [-0.4, -0.2) is 49.7 Å². The van der Waals surface area contributed by atoms with Gasteiger partial charge in [0.25, 0.3) is 5.56 Å². The lowest BCUT2D eigenvalue weighted by Crippen LogP contribution is -2.39. The third-order valence-corrected chi connectivity index (χ3v) is 6.39. The number of halogens is 3. The fourth-order valence-corrected chi connectivity index (χ4v) is 4.38. The first kappa shape index (κ1) is 24.1. The van der Waals surface area contributed by atoms with Crippen molar-refractivity contribution in [1.29, 1.82) is 0 Å². The molecule has 0 spiro atoms. The minimum Gasteiger partial charge on any atom is -0.378 e. The van der Waals surface area contributed by atoms with E-state index < -0.39 is 24.1 Å². The van der Waals surface area contributed by atoms with E-state index >= 15 is 0 Å². The van der Waals surface area contributed by atoms with Gasteiger partial charge >= 0.3 is 0 Å². The molecule has 1 N–H and O–H groups in total. The third-order valence-electron chi connectivity index (χ3n) is 6.08. The molecule has 1 aromatic carbocycles. The summed E-state index contributed by atoms with van der Waals surface area (Å²) in [7, 11) is 1.76. The van der Waals surface area contributed by atoms with E-state index in [1.54, 1.807) is 54.7 Å². The number of aryl methyl sites for hydroxylation is 1. The maximum atomic E-state index is 14.3. The van der Waals surface area contributed by atoms with Crippen molar-refractivity contribution in [2.45, 2.75) is 24.7 Å². The third kappa shape index (κ3) is 5.00. The molecule has 1 unspecified atom stereocenters. The van der Waals surface area contributed by atoms with Crippen LogP contribution in [0.5, 0.6) is 0 Å². The van der Waals surface area contributed by atoms with Crippen molar-refractivity contribution < 1.29 is 13.5 Å². The van der Waals surface area contributed by atoms with Crippen LogP contribution in [0.3, 0.4) is 0 Å². The number of hydrogen-bond donors (Lipinski definition) is 1. The number of aromatic nitrogens is 5. The van der Waals surface area contributed by atoms with Gasteiger partial charge in [0.05, 0.1) is 35.6 Å². The van der Waals surface area contributed by atoms with Crippen LogP contribution in [0.15, 0.2) is 66.0 Å². The second kappa shape index (κ2) is 10.2. The molecule has 1 fully saturated rings. The Labute approximate surface area is 210 Å². The standard InChI is InChI=1S/C25H23ClF2N6O2/c1-33-13-17(12-30-33)24(16-2-3-18(26)19(27)10-16)34-8-5-15(11-23(34)35)21-4-7-29-25(31-21)32-22-6-9-36-14-20(22)28/h2-5,7-8,10-13,20,22,24H,6,9,14H2,1H3,(H,29,31,32)/t20-,22+,24?/m1/s1. The molecule has 1 aliphatic rings. The summed E-state index contributed by atoms with van der Waals surface area (Å²) in [5.41, 5.74) is 2.01. The van der Waals surface area contributed by atoms with Crippen molar-refractivity contribution in [3.63, 3.8) is 0 Å². The molecule has 11 heteroatoms. The fraction of sp³-hybridized carbons (Fsp3) is 0.280. The topological polar surface area (TPSA) is 86.9 Å². The Balaban J connectivity index is 1.48. The maximum Gasteiger partial charge on any atom is 0.252 e. The molecular formula is C25H23ClF2N6O2. The van der Waals surface area contributed by atoms with E-state index in [0.29, 0.717) is 35.4 Å². The first-order valence-corrected chi connectivity index (χ1v) is 11.7. The highest BCUT2D eigenvalue weighted by molar-refractivity contribution is 6.30. The summed E-state index contributed by atoms with van der Waals surface area (Å²) in [6.45, 7) is 0.497. The Kier molecular flexibility index (Phi) is 6.80. The van der Waals surface area contributed by atoms with E-state index in [4.69, 9.17) is 16.3 Å². The highest BCUT2D eigenvalue weighted by atomic mass is 35.5. The smallest absolute Gasteiger partial charge is 0.252 e. The largest absolute Gasteiger partial charge is 0.378 e. The van der Waals surface area contributed by atoms with E-state index in [-0.39, 0.29) is 23.1 Å². The van der Waals surface area contributed by atoms with Crippen molar-refractivity contribution in [3.8, 4) is 11.3 Å². The number of benzene rings is 1. The van der Waals surface area contributed by atoms with Gasteiger partial charge in [-0.15, -0.1) is 0 Å². The van der Waals surface area contributed by atoms with Gasteiger partial charge in [-0.05, 0) is 36.2 Å². The van der Waals surface area contributed by atoms with Crippen molar-refractivity contribution in [1.82, 2.24) is 24.3 Å². The quantitative estimate of drug-likeness (QED) is 0.420. The maximum absolute atomic E-state index is 14.3. The number of nitrogens with zero attached hydrogens (tertiary/aromatic N) is 5. The molecule has 4 heterocycles. The molecule has 0 saturated carbocycles. The zero-order chi connectivity index (χ0) is 25.2. The molecule has 1 saturated heterocycles. The van der Waals surface area contributed by atoms with Crippen molar-refractivity contribution in [3.05, 3.63) is 93.5 Å². The van der Waals surface area contributed by atoms with E-state index in [1.165, 1.54) is 22.8 Å². The van der Waals surface area contributed by atoms with Crippen molar-refractivity contribution >= 4 is 17.5 Å². The van der Waals surface area contributed by atoms with Crippen LogP contribution in [0.2, 0.25) is 5.02 Å². The minimum atomic E-state index is -1.16. The monoisotopic (exact) mass is 512 g/mol. The van der Waals surface area contributed by atoms with E-state index in [9.17, 15) is 13.6 Å². The molecule has 5 rings (SSSR count). The summed E-state index contributed by atoms with van der Waals surface area (Å²) in [4.78, 5) is 22.0. The van der Waals surface area contributed by atoms with Gasteiger partial charge in [0.2, 0.25) is 5.95 Å². The fourth-order valence-electron chi connectivity index (χ4n) is 4.26. The average Bonchev–Trinajstić information content (AvgIpc) is 3.30. The number of hydrogen-bond acceptors (Lipinski definition) is 6. The first-order chi connectivity index (χ1) is 17.4. The predicted molar refractivity (Wildman–Crippen MR) is 131 cm³/mol. The molecule has 8 nitrogen and oxygen atoms in total. The molecule has 36 heavy (non-hydrogen) atoms. The average molecular weight is 513 g/mol. The highest BCUT2D eigenvalue weighted by Gasteiger charge is 2.26. The van der Waals surface area contributed by atoms with Gasteiger partial charge in [-0.2, -0.15) is 5.10 Å². The van der Waals surface area contributed by atoms with Gasteiger partial charge in [0.15, 0.2) is 0 Å². The van der Waals surface area contributed by atoms with Gasteiger partial charge in [-0.25, -0.2) is 18.7 Å². The molecule has 3 atom stereocenters. The zero-order valence-corrected chi connectivity index (χ0v) is 20.1. The minimum absolute atomic E-state index is 0.000564. The van der Waals surface area contributed by atoms with Crippen LogP contribution >= 0.6 is 11.6 Å². The number of ether oxygens (including phenoxy) is 1. The van der Waals surface area contributed by atoms with Crippen molar-refractivity contribution in [2.75, 3.05) is 18.5 Å². The Morgan fingerprint density at radius 2 is 2.08 bits per heavy atom. The van der Waals surface area contributed by atoms with Gasteiger partial charge in [-0.3, -0.25) is 9.48 Å². The van der Waals surface area contributed by atoms with Crippen LogP contribution < -0.4 is 10.9 Å². The van der Waals surface area contributed by atoms with Gasteiger partial charge in [0.1, 0.15) is 12.0 Å². The lowest BCUT2D eigenvalue weighted by Gasteiger charge is -2.26. The first-order valence-electron chi connectivity index (χ1n) is 11.4. The van der Waals surface area contributed by atoms with Gasteiger partial charge in [-0.1, -0.05) is 17.7 Å². The summed E-state index contributed by atoms with van der Waals surface area (Å²) < 4.78 is 36.7. The number of nitrogens with one attached hydrogen (secondary N) is 1. The lowest BCUT2D eigenvalue weighted by molar-refractivity contribution is 0.0284. The zero-order valence-electron chi connectivity index (χ0n) is 19.3. The number of rotatable bonds is 6. The predicted octanol–water partition coefficient (Wildman–Crippen LogP) is 4.01. The SMILES string of the molecule is Cn1cc(C(c2ccc(Cl)c(F)c2)n2ccc(-c3ccnc(N[C@H]4CCOC[C@H]4F)n3)cc2=O)cn1. The van der Waals surface area contributed by atoms with Crippen LogP contribution in [-0.2, 0) is 11.8 Å². The second-order valence-electron chi connectivity index (χ2n) is 8.58. The summed E-state index contributed by atoms with van der Waals surface area (Å²) in [6, 6.07) is 8.27. The Morgan fingerprint density at radius 3 is 2.81 bits per heavy atom. The Morgan fingerprint density at radius 1 is 1.22 bits per heavy atom. The lowest BCUT2D eigenvalue weighted by atomic mass is 10.0. The molecule has 0 bridgehead atoms. The van der Waals surface area contributed by atoms with Crippen LogP contribution in [0.25, 0.3) is 11.3 Å². The molecule has 3 aromatic heterocycles. The molecule has 1 aliphatic heterocycles. The molecule has 0 aliphatic carbocycles. The summed E-state index contributed by atoms with van der Waals surface area (Å²) in [6.07, 6.45) is 5.94. The number of alkyl halides is 1. The van der Waals surface area contributed by atoms with E-state index in [1.807, 2.05) is 0 Å². The number of anilines is 1. The van der Waals surface area contributed by atoms with Crippen LogP contribution in [0, 0.1) is 5.82 Å². The van der Waals surface area contributed by atoms with Gasteiger partial charge in [0, 0.05) is 49.4 Å². The normalized spacial score (nSPS) is 18.7. The molecule has 0 radical (unpaired) electrons. The summed E-state index contributed by atoms with van der Waals surface area (Å²) in [5, 5.41) is 7.23. The highest BCUT2D eigenvalue weighted by Crippen LogP contribution is 2.29. The van der Waals surface area contributed by atoms with Crippen LogP contribution in [0.1, 0.15) is 23.6 Å². The summed E-state index contributed by atoms with van der Waals surface area (Å²) >= 11 is 5.88. The van der Waals surface area contributed by atoms with E-state index in [2.05, 4.69) is 20.4 Å². The molecular weight excluding hydrogens is 490 g/mol. The summed E-state index contributed by atoms with van der Waals surface area (Å²) in [5.74, 6) is -0.301. The molecule has 186 valence electrons. The van der Waals surface area contributed by atoms with Crippen molar-refractivity contribution in [2.24, 2.45) is 7.05 Å². The molecule has 0 amide bonds. The molecule has 4 aromatic rings. The Bertz CT molecular complexity index is 1440. The Hall–Kier alpha value is -3.63. The number of pyridine rings is 1. The second-order valence-corrected chi connectivity index (χ2v) is 8.99. The van der Waals surface area contributed by atoms with E-state index in [0.717, 1.165) is 0 Å².